The molecule has 172 valence electrons. The van der Waals surface area contributed by atoms with Crippen LogP contribution < -0.4 is 5.32 Å². The number of nitrogens with one attached hydrogen (secondary N) is 1. The van der Waals surface area contributed by atoms with Crippen LogP contribution in [0.15, 0.2) is 47.9 Å². The Morgan fingerprint density at radius 2 is 1.88 bits per heavy atom. The minimum atomic E-state index is -1.94. The average Bonchev–Trinajstić information content (AvgIpc) is 2.75. The monoisotopic (exact) mass is 464 g/mol. The fraction of sp³-hybridized carbons (Fsp3) is 0.304. The number of nitrogens with zero attached hydrogens (tertiary/aromatic N) is 3. The largest absolute Gasteiger partial charge is 0.388 e. The van der Waals surface area contributed by atoms with E-state index in [0.29, 0.717) is 12.1 Å². The molecule has 0 unspecified atom stereocenters. The Morgan fingerprint density at radius 3 is 2.28 bits per heavy atom. The molecule has 2 aromatic rings. The highest BCUT2D eigenvalue weighted by atomic mass is 32.2. The fourth-order valence-corrected chi connectivity index (χ4v) is 3.68. The van der Waals surface area contributed by atoms with E-state index in [-0.39, 0.29) is 11.8 Å². The maximum absolute atomic E-state index is 12.7. The van der Waals surface area contributed by atoms with E-state index >= 15 is 0 Å². The van der Waals surface area contributed by atoms with Gasteiger partial charge in [0.25, 0.3) is 6.08 Å². The molecule has 0 spiro atoms. The lowest BCUT2D eigenvalue weighted by Crippen LogP contribution is -2.15. The number of aromatic nitrogens is 2. The predicted molar refractivity (Wildman–Crippen MR) is 128 cm³/mol. The van der Waals surface area contributed by atoms with Crippen LogP contribution in [0.5, 0.6) is 0 Å². The summed E-state index contributed by atoms with van der Waals surface area (Å²) in [6.45, 7) is 6.54. The van der Waals surface area contributed by atoms with Gasteiger partial charge in [0.05, 0.1) is 5.04 Å². The van der Waals surface area contributed by atoms with Crippen molar-refractivity contribution in [2.24, 2.45) is 4.99 Å². The van der Waals surface area contributed by atoms with Crippen molar-refractivity contribution in [2.75, 3.05) is 12.4 Å². The van der Waals surface area contributed by atoms with Crippen molar-refractivity contribution in [3.8, 4) is 12.8 Å². The number of aliphatic imine (C=N–C) groups is 1. The molecule has 1 aliphatic heterocycles. The van der Waals surface area contributed by atoms with Gasteiger partial charge in [-0.05, 0) is 38.5 Å². The summed E-state index contributed by atoms with van der Waals surface area (Å²) >= 11 is 1.89. The predicted octanol–water partition coefficient (Wildman–Crippen LogP) is 5.96. The molecule has 0 saturated heterocycles. The Morgan fingerprint density at radius 1 is 1.25 bits per heavy atom. The number of carbonyl (C=O) groups excluding carboxylic acids is 1. The topological polar surface area (TPSA) is 67.2 Å². The number of thioether (sulfide) groups is 1. The minimum absolute atomic E-state index is 0.0805. The van der Waals surface area contributed by atoms with Crippen molar-refractivity contribution in [1.82, 2.24) is 9.97 Å². The van der Waals surface area contributed by atoms with Crippen LogP contribution in [0.3, 0.4) is 0 Å². The Hall–Kier alpha value is -3.12. The number of hydrogen-bond acceptors (Lipinski definition) is 6. The zero-order chi connectivity index (χ0) is 24.5. The van der Waals surface area contributed by atoms with Crippen molar-refractivity contribution in [2.45, 2.75) is 38.5 Å². The summed E-state index contributed by atoms with van der Waals surface area (Å²) in [7, 11) is 1.88. The molecule has 0 radical (unpaired) electrons. The lowest BCUT2D eigenvalue weighted by atomic mass is 10.2. The molecule has 0 saturated carbocycles. The summed E-state index contributed by atoms with van der Waals surface area (Å²) in [6, 6.07) is 5.21. The average molecular weight is 465 g/mol. The molecule has 2 aromatic heterocycles. The molecular weight excluding hydrogens is 437 g/mol. The lowest BCUT2D eigenvalue weighted by molar-refractivity contribution is 0.111. The van der Waals surface area contributed by atoms with Gasteiger partial charge < -0.3 is 5.32 Å². The van der Waals surface area contributed by atoms with Gasteiger partial charge in [-0.3, -0.25) is 14.8 Å². The number of anilines is 1. The second kappa shape index (κ2) is 16.6. The van der Waals surface area contributed by atoms with Gasteiger partial charge in [-0.1, -0.05) is 6.92 Å². The third kappa shape index (κ3) is 12.5. The first kappa shape index (κ1) is 28.9. The van der Waals surface area contributed by atoms with Crippen LogP contribution in [-0.2, 0) is 0 Å². The Bertz CT molecular complexity index is 901. The minimum Gasteiger partial charge on any atom is -0.388 e. The number of hydrogen-bond donors (Lipinski definition) is 1. The molecule has 2 atom stereocenters. The molecule has 3 rings (SSSR count). The summed E-state index contributed by atoms with van der Waals surface area (Å²) in [5.41, 5.74) is 0.625. The fourth-order valence-electron chi connectivity index (χ4n) is 2.49. The highest BCUT2D eigenvalue weighted by Gasteiger charge is 2.14. The van der Waals surface area contributed by atoms with Gasteiger partial charge in [0.15, 0.2) is 12.1 Å². The maximum atomic E-state index is 12.7. The Labute approximate surface area is 191 Å². The Balaban J connectivity index is 0.000000447. The van der Waals surface area contributed by atoms with Gasteiger partial charge >= 0.3 is 0 Å². The maximum Gasteiger partial charge on any atom is 0.270 e. The molecule has 32 heavy (non-hydrogen) atoms. The first-order chi connectivity index (χ1) is 15.2. The SMILES string of the molecule is C#C.CC1=N[C@@H](C)C[C@@H](C)S1.CNc1ccncc1.O=Cc1ncc(C=C(F)F)cc1F. The van der Waals surface area contributed by atoms with E-state index in [1.165, 1.54) is 11.5 Å². The van der Waals surface area contributed by atoms with Crippen LogP contribution in [0.25, 0.3) is 6.08 Å². The van der Waals surface area contributed by atoms with Crippen molar-refractivity contribution in [1.29, 1.82) is 0 Å². The summed E-state index contributed by atoms with van der Waals surface area (Å²) in [6.07, 6.45) is 12.5. The van der Waals surface area contributed by atoms with E-state index in [0.717, 1.165) is 23.2 Å². The van der Waals surface area contributed by atoms with Crippen LogP contribution in [0.2, 0.25) is 0 Å². The summed E-state index contributed by atoms with van der Waals surface area (Å²) in [5.74, 6) is -0.912. The van der Waals surface area contributed by atoms with Gasteiger partial charge in [0.2, 0.25) is 0 Å². The molecule has 1 N–H and O–H groups in total. The van der Waals surface area contributed by atoms with Gasteiger partial charge in [0, 0.05) is 54.3 Å². The zero-order valence-electron chi connectivity index (χ0n) is 18.4. The van der Waals surface area contributed by atoms with Crippen molar-refractivity contribution in [3.05, 3.63) is 59.9 Å². The van der Waals surface area contributed by atoms with Crippen LogP contribution in [-0.4, -0.2) is 39.6 Å². The molecule has 9 heteroatoms. The second-order valence-corrected chi connectivity index (χ2v) is 7.97. The molecule has 3 heterocycles. The highest BCUT2D eigenvalue weighted by Crippen LogP contribution is 2.24. The quantitative estimate of drug-likeness (QED) is 0.448. The lowest BCUT2D eigenvalue weighted by Gasteiger charge is -2.19. The summed E-state index contributed by atoms with van der Waals surface area (Å²) in [4.78, 5) is 21.7. The highest BCUT2D eigenvalue weighted by molar-refractivity contribution is 8.14. The molecule has 1 aliphatic rings. The van der Waals surface area contributed by atoms with Crippen LogP contribution >= 0.6 is 11.8 Å². The summed E-state index contributed by atoms with van der Waals surface area (Å²) < 4.78 is 36.1. The van der Waals surface area contributed by atoms with Crippen LogP contribution in [0, 0.1) is 18.7 Å². The number of terminal acetylenes is 1. The van der Waals surface area contributed by atoms with E-state index in [1.807, 2.05) is 30.9 Å². The molecule has 0 bridgehead atoms. The zero-order valence-corrected chi connectivity index (χ0v) is 19.2. The molecule has 0 aliphatic carbocycles. The molecule has 0 aromatic carbocycles. The standard InChI is InChI=1S/C8H4F3NO.C7H13NS.C6H8N2.C2H2/c9-6-1-5(2-8(10)11)3-12-7(6)4-13;1-5-4-6(2)9-7(3)8-5;1-7-6-2-4-8-5-3-6;1-2/h1-4H;5-6H,4H2,1-3H3;2-5H,1H3,(H,7,8);1-2H/t;5-,6+;;/m.0../s1. The number of rotatable bonds is 3. The van der Waals surface area contributed by atoms with Gasteiger partial charge in [0.1, 0.15) is 5.69 Å². The van der Waals surface area contributed by atoms with Crippen molar-refractivity contribution in [3.63, 3.8) is 0 Å². The van der Waals surface area contributed by atoms with Crippen molar-refractivity contribution >= 4 is 34.9 Å². The molecule has 0 fully saturated rings. The molecule has 5 nitrogen and oxygen atoms in total. The van der Waals surface area contributed by atoms with E-state index in [9.17, 15) is 18.0 Å². The van der Waals surface area contributed by atoms with Gasteiger partial charge in [-0.15, -0.1) is 24.6 Å². The number of carbonyl (C=O) groups is 1. The normalized spacial score (nSPS) is 16.2. The molecule has 0 amide bonds. The first-order valence-electron chi connectivity index (χ1n) is 9.50. The smallest absolute Gasteiger partial charge is 0.270 e. The molecular formula is C23H27F3N4OS. The second-order valence-electron chi connectivity index (χ2n) is 6.33. The van der Waals surface area contributed by atoms with Crippen molar-refractivity contribution < 1.29 is 18.0 Å². The number of halogens is 3. The number of aldehydes is 1. The van der Waals surface area contributed by atoms with E-state index < -0.39 is 17.6 Å². The van der Waals surface area contributed by atoms with Crippen LogP contribution in [0.4, 0.5) is 18.9 Å². The van der Waals surface area contributed by atoms with Crippen LogP contribution in [0.1, 0.15) is 43.2 Å². The van der Waals surface area contributed by atoms with E-state index in [1.54, 1.807) is 12.4 Å². The van der Waals surface area contributed by atoms with Gasteiger partial charge in [-0.25, -0.2) is 9.37 Å². The first-order valence-corrected chi connectivity index (χ1v) is 10.4. The summed E-state index contributed by atoms with van der Waals surface area (Å²) in [5, 5.41) is 5.01. The van der Waals surface area contributed by atoms with E-state index in [2.05, 4.69) is 53.9 Å². The third-order valence-electron chi connectivity index (χ3n) is 3.69. The van der Waals surface area contributed by atoms with Gasteiger partial charge in [-0.2, -0.15) is 8.78 Å². The number of pyridine rings is 2. The Kier molecular flexibility index (Phi) is 14.9. The third-order valence-corrected chi connectivity index (χ3v) is 4.74. The van der Waals surface area contributed by atoms with E-state index in [4.69, 9.17) is 0 Å².